The second kappa shape index (κ2) is 6.15. The number of hydrogen-bond donors (Lipinski definition) is 1. The Hall–Kier alpha value is -2.42. The highest BCUT2D eigenvalue weighted by Crippen LogP contribution is 2.32. The van der Waals surface area contributed by atoms with Gasteiger partial charge >= 0.3 is 0 Å². The van der Waals surface area contributed by atoms with E-state index in [0.29, 0.717) is 6.61 Å². The van der Waals surface area contributed by atoms with Crippen LogP contribution in [0.2, 0.25) is 0 Å². The van der Waals surface area contributed by atoms with Crippen LogP contribution in [0.25, 0.3) is 5.57 Å². The summed E-state index contributed by atoms with van der Waals surface area (Å²) in [5.74, 6) is 1.45. The standard InChI is InChI=1S/C17H19NO2/c1-4-20-17-11-14(7-10-16(17)19-3)12(2)13-5-8-15(18)9-6-13/h5-11H,2,4,18H2,1,3H3. The Morgan fingerprint density at radius 1 is 1.05 bits per heavy atom. The summed E-state index contributed by atoms with van der Waals surface area (Å²) in [4.78, 5) is 0. The maximum Gasteiger partial charge on any atom is 0.161 e. The maximum atomic E-state index is 5.70. The smallest absolute Gasteiger partial charge is 0.161 e. The zero-order valence-corrected chi connectivity index (χ0v) is 11.8. The highest BCUT2D eigenvalue weighted by molar-refractivity contribution is 5.79. The molecule has 0 atom stereocenters. The Balaban J connectivity index is 2.34. The molecular weight excluding hydrogens is 250 g/mol. The molecule has 0 unspecified atom stereocenters. The predicted octanol–water partition coefficient (Wildman–Crippen LogP) is 3.74. The Kier molecular flexibility index (Phi) is 4.31. The molecule has 2 N–H and O–H groups in total. The van der Waals surface area contributed by atoms with Crippen molar-refractivity contribution in [2.24, 2.45) is 0 Å². The van der Waals surface area contributed by atoms with Crippen molar-refractivity contribution < 1.29 is 9.47 Å². The minimum absolute atomic E-state index is 0.591. The lowest BCUT2D eigenvalue weighted by molar-refractivity contribution is 0.311. The maximum absolute atomic E-state index is 5.70. The van der Waals surface area contributed by atoms with Gasteiger partial charge < -0.3 is 15.2 Å². The first-order valence-electron chi connectivity index (χ1n) is 6.51. The molecule has 2 rings (SSSR count). The van der Waals surface area contributed by atoms with E-state index in [1.807, 2.05) is 49.4 Å². The summed E-state index contributed by atoms with van der Waals surface area (Å²) < 4.78 is 10.9. The molecule has 0 amide bonds. The molecule has 0 aliphatic rings. The number of anilines is 1. The summed E-state index contributed by atoms with van der Waals surface area (Å²) in [7, 11) is 1.63. The number of nitrogens with two attached hydrogens (primary N) is 1. The van der Waals surface area contributed by atoms with Crippen molar-refractivity contribution >= 4 is 11.3 Å². The molecule has 104 valence electrons. The molecule has 0 saturated heterocycles. The van der Waals surface area contributed by atoms with E-state index in [9.17, 15) is 0 Å². The van der Waals surface area contributed by atoms with Crippen molar-refractivity contribution in [1.29, 1.82) is 0 Å². The van der Waals surface area contributed by atoms with Crippen LogP contribution in [0.5, 0.6) is 11.5 Å². The zero-order valence-electron chi connectivity index (χ0n) is 11.8. The quantitative estimate of drug-likeness (QED) is 0.841. The summed E-state index contributed by atoms with van der Waals surface area (Å²) in [6, 6.07) is 13.5. The molecule has 0 aromatic heterocycles. The minimum atomic E-state index is 0.591. The van der Waals surface area contributed by atoms with Crippen molar-refractivity contribution in [3.8, 4) is 11.5 Å². The highest BCUT2D eigenvalue weighted by Gasteiger charge is 2.08. The molecule has 0 bridgehead atoms. The minimum Gasteiger partial charge on any atom is -0.493 e. The van der Waals surface area contributed by atoms with E-state index >= 15 is 0 Å². The van der Waals surface area contributed by atoms with Gasteiger partial charge in [-0.2, -0.15) is 0 Å². The van der Waals surface area contributed by atoms with Crippen LogP contribution in [0.15, 0.2) is 49.0 Å². The normalized spacial score (nSPS) is 10.1. The Morgan fingerprint density at radius 3 is 2.30 bits per heavy atom. The fraction of sp³-hybridized carbons (Fsp3) is 0.176. The van der Waals surface area contributed by atoms with Crippen LogP contribution in [0, 0.1) is 0 Å². The summed E-state index contributed by atoms with van der Waals surface area (Å²) in [6.45, 7) is 6.68. The van der Waals surface area contributed by atoms with Crippen molar-refractivity contribution in [2.45, 2.75) is 6.92 Å². The summed E-state index contributed by atoms with van der Waals surface area (Å²) in [5.41, 5.74) is 9.40. The summed E-state index contributed by atoms with van der Waals surface area (Å²) in [5, 5.41) is 0. The van der Waals surface area contributed by atoms with Crippen LogP contribution in [0.3, 0.4) is 0 Å². The van der Waals surface area contributed by atoms with Gasteiger partial charge in [-0.15, -0.1) is 0 Å². The van der Waals surface area contributed by atoms with E-state index in [1.54, 1.807) is 7.11 Å². The molecule has 0 aliphatic heterocycles. The lowest BCUT2D eigenvalue weighted by atomic mass is 9.99. The van der Waals surface area contributed by atoms with Gasteiger partial charge in [-0.3, -0.25) is 0 Å². The van der Waals surface area contributed by atoms with Crippen LogP contribution in [0.1, 0.15) is 18.1 Å². The van der Waals surface area contributed by atoms with Gasteiger partial charge in [-0.25, -0.2) is 0 Å². The fourth-order valence-electron chi connectivity index (χ4n) is 1.98. The third kappa shape index (κ3) is 2.94. The molecule has 0 radical (unpaired) electrons. The Bertz CT molecular complexity index is 603. The molecule has 20 heavy (non-hydrogen) atoms. The van der Waals surface area contributed by atoms with Crippen LogP contribution in [-0.4, -0.2) is 13.7 Å². The molecule has 0 saturated carbocycles. The van der Waals surface area contributed by atoms with Crippen LogP contribution >= 0.6 is 0 Å². The van der Waals surface area contributed by atoms with Gasteiger partial charge in [0, 0.05) is 5.69 Å². The van der Waals surface area contributed by atoms with E-state index in [-0.39, 0.29) is 0 Å². The van der Waals surface area contributed by atoms with E-state index < -0.39 is 0 Å². The second-order valence-electron chi connectivity index (χ2n) is 4.40. The molecule has 0 spiro atoms. The van der Waals surface area contributed by atoms with Crippen LogP contribution in [0.4, 0.5) is 5.69 Å². The van der Waals surface area contributed by atoms with E-state index in [0.717, 1.165) is 33.9 Å². The van der Waals surface area contributed by atoms with Crippen molar-refractivity contribution in [1.82, 2.24) is 0 Å². The Labute approximate surface area is 119 Å². The first-order chi connectivity index (χ1) is 9.65. The zero-order chi connectivity index (χ0) is 14.5. The summed E-state index contributed by atoms with van der Waals surface area (Å²) >= 11 is 0. The van der Waals surface area contributed by atoms with Crippen LogP contribution < -0.4 is 15.2 Å². The third-order valence-electron chi connectivity index (χ3n) is 3.07. The number of hydrogen-bond acceptors (Lipinski definition) is 3. The van der Waals surface area contributed by atoms with Crippen molar-refractivity contribution in [2.75, 3.05) is 19.5 Å². The SMILES string of the molecule is C=C(c1ccc(N)cc1)c1ccc(OC)c(OCC)c1. The van der Waals surface area contributed by atoms with E-state index in [2.05, 4.69) is 6.58 Å². The van der Waals surface area contributed by atoms with Crippen molar-refractivity contribution in [3.05, 3.63) is 60.2 Å². The van der Waals surface area contributed by atoms with Gasteiger partial charge in [-0.1, -0.05) is 24.8 Å². The number of rotatable bonds is 5. The summed E-state index contributed by atoms with van der Waals surface area (Å²) in [6.07, 6.45) is 0. The average molecular weight is 269 g/mol. The van der Waals surface area contributed by atoms with Gasteiger partial charge in [-0.05, 0) is 47.9 Å². The molecule has 3 heteroatoms. The lowest BCUT2D eigenvalue weighted by Gasteiger charge is -2.12. The molecule has 2 aromatic rings. The number of ether oxygens (including phenoxy) is 2. The number of benzene rings is 2. The number of methoxy groups -OCH3 is 1. The Morgan fingerprint density at radius 2 is 1.70 bits per heavy atom. The molecule has 2 aromatic carbocycles. The predicted molar refractivity (Wildman–Crippen MR) is 83.2 cm³/mol. The average Bonchev–Trinajstić information content (AvgIpc) is 2.47. The first-order valence-corrected chi connectivity index (χ1v) is 6.51. The monoisotopic (exact) mass is 269 g/mol. The third-order valence-corrected chi connectivity index (χ3v) is 3.07. The molecule has 3 nitrogen and oxygen atoms in total. The number of nitrogen functional groups attached to an aromatic ring is 1. The van der Waals surface area contributed by atoms with E-state index in [1.165, 1.54) is 0 Å². The van der Waals surface area contributed by atoms with Gasteiger partial charge in [0.15, 0.2) is 11.5 Å². The lowest BCUT2D eigenvalue weighted by Crippen LogP contribution is -1.97. The molecule has 0 heterocycles. The fourth-order valence-corrected chi connectivity index (χ4v) is 1.98. The van der Waals surface area contributed by atoms with Gasteiger partial charge in [0.1, 0.15) is 0 Å². The molecule has 0 aliphatic carbocycles. The largest absolute Gasteiger partial charge is 0.493 e. The second-order valence-corrected chi connectivity index (χ2v) is 4.40. The van der Waals surface area contributed by atoms with E-state index in [4.69, 9.17) is 15.2 Å². The molecular formula is C17H19NO2. The van der Waals surface area contributed by atoms with Crippen molar-refractivity contribution in [3.63, 3.8) is 0 Å². The van der Waals surface area contributed by atoms with Gasteiger partial charge in [0.25, 0.3) is 0 Å². The van der Waals surface area contributed by atoms with Gasteiger partial charge in [0.05, 0.1) is 13.7 Å². The van der Waals surface area contributed by atoms with Gasteiger partial charge in [0.2, 0.25) is 0 Å². The first kappa shape index (κ1) is 14.0. The topological polar surface area (TPSA) is 44.5 Å². The molecule has 0 fully saturated rings. The van der Waals surface area contributed by atoms with Crippen LogP contribution in [-0.2, 0) is 0 Å². The highest BCUT2D eigenvalue weighted by atomic mass is 16.5.